The van der Waals surface area contributed by atoms with E-state index in [-0.39, 0.29) is 5.91 Å². The SMILES string of the molecule is COc1cc(OCc2ccc3c(c2)N(C(=O)c2cc(C)cc(C)c2)CC3)c2cc(-c3cn4nc(OC)sc4n3)oc2c1. The minimum atomic E-state index is 0.0202. The summed E-state index contributed by atoms with van der Waals surface area (Å²) in [7, 11) is 3.19. The first-order chi connectivity index (χ1) is 20.4. The Labute approximate surface area is 245 Å². The van der Waals surface area contributed by atoms with Crippen LogP contribution in [0.5, 0.6) is 16.7 Å². The molecule has 42 heavy (non-hydrogen) atoms. The van der Waals surface area contributed by atoms with Gasteiger partial charge in [-0.05, 0) is 67.0 Å². The summed E-state index contributed by atoms with van der Waals surface area (Å²) in [6, 6.07) is 17.8. The molecule has 10 heteroatoms. The third kappa shape index (κ3) is 4.63. The van der Waals surface area contributed by atoms with Gasteiger partial charge >= 0.3 is 0 Å². The third-order valence-electron chi connectivity index (χ3n) is 7.41. The fourth-order valence-electron chi connectivity index (χ4n) is 5.47. The van der Waals surface area contributed by atoms with Crippen LogP contribution >= 0.6 is 11.3 Å². The minimum Gasteiger partial charge on any atom is -0.496 e. The van der Waals surface area contributed by atoms with E-state index in [9.17, 15) is 4.79 Å². The average molecular weight is 581 g/mol. The molecule has 3 aromatic heterocycles. The molecule has 1 amide bonds. The molecule has 6 aromatic rings. The van der Waals surface area contributed by atoms with E-state index in [4.69, 9.17) is 18.6 Å². The third-order valence-corrected chi connectivity index (χ3v) is 8.30. The van der Waals surface area contributed by atoms with Crippen molar-refractivity contribution in [3.63, 3.8) is 0 Å². The zero-order chi connectivity index (χ0) is 29.0. The monoisotopic (exact) mass is 580 g/mol. The van der Waals surface area contributed by atoms with Gasteiger partial charge in [0.1, 0.15) is 29.4 Å². The highest BCUT2D eigenvalue weighted by Gasteiger charge is 2.26. The number of anilines is 1. The Balaban J connectivity index is 1.16. The van der Waals surface area contributed by atoms with Gasteiger partial charge in [-0.1, -0.05) is 29.3 Å². The predicted octanol–water partition coefficient (Wildman–Crippen LogP) is 6.62. The number of aryl methyl sites for hydroxylation is 2. The number of hydrogen-bond acceptors (Lipinski definition) is 8. The van der Waals surface area contributed by atoms with Crippen LogP contribution in [0.4, 0.5) is 5.69 Å². The molecule has 1 aliphatic rings. The average Bonchev–Trinajstić information content (AvgIpc) is 3.76. The van der Waals surface area contributed by atoms with E-state index in [1.807, 2.05) is 49.1 Å². The first kappa shape index (κ1) is 26.1. The van der Waals surface area contributed by atoms with Gasteiger partial charge in [0.25, 0.3) is 11.1 Å². The molecule has 0 saturated carbocycles. The Hall–Kier alpha value is -4.83. The summed E-state index contributed by atoms with van der Waals surface area (Å²) in [6.07, 6.45) is 2.63. The van der Waals surface area contributed by atoms with Crippen LogP contribution in [-0.2, 0) is 13.0 Å². The van der Waals surface area contributed by atoms with Crippen molar-refractivity contribution in [1.82, 2.24) is 14.6 Å². The van der Waals surface area contributed by atoms with Crippen molar-refractivity contribution in [3.8, 4) is 28.1 Å². The number of amides is 1. The summed E-state index contributed by atoms with van der Waals surface area (Å²) in [5, 5.41) is 5.69. The van der Waals surface area contributed by atoms with Crippen molar-refractivity contribution in [2.24, 2.45) is 0 Å². The smallest absolute Gasteiger partial charge is 0.294 e. The lowest BCUT2D eigenvalue weighted by atomic mass is 10.1. The number of fused-ring (bicyclic) bond motifs is 3. The van der Waals surface area contributed by atoms with Crippen LogP contribution in [0.15, 0.2) is 65.2 Å². The topological polar surface area (TPSA) is 91.3 Å². The Morgan fingerprint density at radius 1 is 1.02 bits per heavy atom. The Kier molecular flexibility index (Phi) is 6.35. The van der Waals surface area contributed by atoms with Gasteiger partial charge in [-0.25, -0.2) is 9.50 Å². The van der Waals surface area contributed by atoms with Crippen molar-refractivity contribution in [2.45, 2.75) is 26.9 Å². The number of benzene rings is 3. The summed E-state index contributed by atoms with van der Waals surface area (Å²) >= 11 is 1.35. The van der Waals surface area contributed by atoms with Crippen molar-refractivity contribution in [1.29, 1.82) is 0 Å². The molecule has 1 aliphatic heterocycles. The molecule has 0 atom stereocenters. The number of ether oxygens (including phenoxy) is 3. The van der Waals surface area contributed by atoms with Gasteiger partial charge in [0.05, 0.1) is 25.8 Å². The maximum Gasteiger partial charge on any atom is 0.294 e. The zero-order valence-corrected chi connectivity index (χ0v) is 24.4. The van der Waals surface area contributed by atoms with Crippen LogP contribution in [0.3, 0.4) is 0 Å². The first-order valence-electron chi connectivity index (χ1n) is 13.6. The van der Waals surface area contributed by atoms with Crippen molar-refractivity contribution < 1.29 is 23.4 Å². The van der Waals surface area contributed by atoms with E-state index in [1.54, 1.807) is 24.9 Å². The Morgan fingerprint density at radius 3 is 2.62 bits per heavy atom. The van der Waals surface area contributed by atoms with Gasteiger partial charge in [-0.2, -0.15) is 0 Å². The quantitative estimate of drug-likeness (QED) is 0.210. The van der Waals surface area contributed by atoms with E-state index in [2.05, 4.69) is 34.3 Å². The lowest BCUT2D eigenvalue weighted by molar-refractivity contribution is 0.0989. The summed E-state index contributed by atoms with van der Waals surface area (Å²) < 4.78 is 24.9. The highest BCUT2D eigenvalue weighted by atomic mass is 32.1. The second-order valence-corrected chi connectivity index (χ2v) is 11.3. The fraction of sp³-hybridized carbons (Fsp3) is 0.219. The number of furan rings is 1. The molecular formula is C32H28N4O5S. The lowest BCUT2D eigenvalue weighted by Gasteiger charge is -2.19. The van der Waals surface area contributed by atoms with Crippen LogP contribution in [0.1, 0.15) is 32.6 Å². The molecule has 0 radical (unpaired) electrons. The van der Waals surface area contributed by atoms with Crippen LogP contribution in [0, 0.1) is 13.8 Å². The first-order valence-corrected chi connectivity index (χ1v) is 14.4. The highest BCUT2D eigenvalue weighted by molar-refractivity contribution is 7.18. The minimum absolute atomic E-state index is 0.0202. The molecule has 4 heterocycles. The molecule has 0 saturated heterocycles. The van der Waals surface area contributed by atoms with Crippen molar-refractivity contribution in [3.05, 3.63) is 88.6 Å². The van der Waals surface area contributed by atoms with Crippen LogP contribution in [0.25, 0.3) is 27.4 Å². The van der Waals surface area contributed by atoms with Gasteiger partial charge in [0.15, 0.2) is 5.76 Å². The molecule has 3 aromatic carbocycles. The van der Waals surface area contributed by atoms with E-state index in [0.29, 0.717) is 57.4 Å². The van der Waals surface area contributed by atoms with Gasteiger partial charge in [0, 0.05) is 29.9 Å². The molecule has 0 fully saturated rings. The number of carbonyl (C=O) groups excluding carboxylic acids is 1. The molecule has 9 nitrogen and oxygen atoms in total. The number of methoxy groups -OCH3 is 2. The Morgan fingerprint density at radius 2 is 1.86 bits per heavy atom. The second kappa shape index (κ2) is 10.2. The van der Waals surface area contributed by atoms with Crippen LogP contribution in [-0.4, -0.2) is 41.3 Å². The normalized spacial score (nSPS) is 12.7. The molecule has 0 unspecified atom stereocenters. The largest absolute Gasteiger partial charge is 0.496 e. The second-order valence-electron chi connectivity index (χ2n) is 10.4. The summed E-state index contributed by atoms with van der Waals surface area (Å²) in [5.41, 5.74) is 7.21. The van der Waals surface area contributed by atoms with E-state index < -0.39 is 0 Å². The maximum atomic E-state index is 13.5. The van der Waals surface area contributed by atoms with Crippen LogP contribution < -0.4 is 19.1 Å². The summed E-state index contributed by atoms with van der Waals surface area (Å²) in [6.45, 7) is 5.00. The maximum absolute atomic E-state index is 13.5. The fourth-order valence-corrected chi connectivity index (χ4v) is 6.17. The number of nitrogens with zero attached hydrogens (tertiary/aromatic N) is 4. The Bertz CT molecular complexity index is 1940. The number of imidazole rings is 1. The number of rotatable bonds is 7. The van der Waals surface area contributed by atoms with E-state index in [0.717, 1.165) is 39.7 Å². The predicted molar refractivity (Wildman–Crippen MR) is 161 cm³/mol. The summed E-state index contributed by atoms with van der Waals surface area (Å²) in [4.78, 5) is 20.7. The molecule has 7 rings (SSSR count). The van der Waals surface area contributed by atoms with E-state index >= 15 is 0 Å². The molecular weight excluding hydrogens is 552 g/mol. The molecule has 0 N–H and O–H groups in total. The van der Waals surface area contributed by atoms with Crippen molar-refractivity contribution >= 4 is 38.9 Å². The van der Waals surface area contributed by atoms with Gasteiger partial charge in [0.2, 0.25) is 4.96 Å². The number of aromatic nitrogens is 3. The van der Waals surface area contributed by atoms with E-state index in [1.165, 1.54) is 11.3 Å². The summed E-state index contributed by atoms with van der Waals surface area (Å²) in [5.74, 6) is 1.86. The zero-order valence-electron chi connectivity index (χ0n) is 23.6. The van der Waals surface area contributed by atoms with Crippen LogP contribution in [0.2, 0.25) is 0 Å². The van der Waals surface area contributed by atoms with Crippen molar-refractivity contribution in [2.75, 3.05) is 25.7 Å². The number of hydrogen-bond donors (Lipinski definition) is 0. The molecule has 0 aliphatic carbocycles. The van der Waals surface area contributed by atoms with Gasteiger partial charge < -0.3 is 23.5 Å². The van der Waals surface area contributed by atoms with Gasteiger partial charge in [-0.15, -0.1) is 5.10 Å². The molecule has 0 spiro atoms. The number of carbonyl (C=O) groups is 1. The standard InChI is InChI=1S/C32H28N4O5S/c1-18-9-19(2)11-22(10-18)30(37)35-8-7-21-6-5-20(12-26(21)35)17-40-27-13-23(38-3)14-28-24(27)15-29(41-28)25-16-36-31(33-25)42-32(34-36)39-4/h5-6,9-16H,7-8,17H2,1-4H3. The molecule has 0 bridgehead atoms. The lowest BCUT2D eigenvalue weighted by Crippen LogP contribution is -2.29. The highest BCUT2D eigenvalue weighted by Crippen LogP contribution is 2.38. The molecule has 212 valence electrons. The van der Waals surface area contributed by atoms with Gasteiger partial charge in [-0.3, -0.25) is 4.79 Å².